The Hall–Kier alpha value is -2.17. The van der Waals surface area contributed by atoms with Gasteiger partial charge in [-0.25, -0.2) is 4.39 Å². The Morgan fingerprint density at radius 1 is 1.32 bits per heavy atom. The number of nitrogens with one attached hydrogen (secondary N) is 1. The summed E-state index contributed by atoms with van der Waals surface area (Å²) in [6.07, 6.45) is 1.56. The highest BCUT2D eigenvalue weighted by atomic mass is 19.1. The van der Waals surface area contributed by atoms with Crippen LogP contribution >= 0.6 is 0 Å². The first kappa shape index (κ1) is 19.2. The molecule has 1 amide bonds. The van der Waals surface area contributed by atoms with E-state index in [9.17, 15) is 9.18 Å². The molecular formula is C18H22BFN2O3. The number of benzene rings is 1. The van der Waals surface area contributed by atoms with Crippen LogP contribution in [0.15, 0.2) is 23.7 Å². The quantitative estimate of drug-likeness (QED) is 0.853. The molecular weight excluding hydrogens is 322 g/mol. The van der Waals surface area contributed by atoms with Crippen LogP contribution in [0.1, 0.15) is 45.7 Å². The van der Waals surface area contributed by atoms with Crippen molar-refractivity contribution >= 4 is 19.1 Å². The molecule has 132 valence electrons. The fourth-order valence-electron chi connectivity index (χ4n) is 2.37. The summed E-state index contributed by atoms with van der Waals surface area (Å²) >= 11 is 0. The molecule has 1 aliphatic heterocycles. The topological polar surface area (TPSA) is 71.4 Å². The summed E-state index contributed by atoms with van der Waals surface area (Å²) < 4.78 is 26.4. The van der Waals surface area contributed by atoms with Gasteiger partial charge in [0.25, 0.3) is 0 Å². The predicted molar refractivity (Wildman–Crippen MR) is 93.9 cm³/mol. The van der Waals surface area contributed by atoms with E-state index in [4.69, 9.17) is 14.6 Å². The fraction of sp³-hybridized carbons (Fsp3) is 0.444. The van der Waals surface area contributed by atoms with Gasteiger partial charge in [-0.15, -0.1) is 0 Å². The molecule has 7 heteroatoms. The second-order valence-electron chi connectivity index (χ2n) is 7.04. The van der Waals surface area contributed by atoms with Crippen molar-refractivity contribution < 1.29 is 18.5 Å². The Bertz CT molecular complexity index is 737. The van der Waals surface area contributed by atoms with Crippen LogP contribution in [-0.2, 0) is 14.1 Å². The van der Waals surface area contributed by atoms with Crippen molar-refractivity contribution in [1.29, 1.82) is 5.26 Å². The van der Waals surface area contributed by atoms with Gasteiger partial charge in [-0.3, -0.25) is 4.79 Å². The first-order valence-electron chi connectivity index (χ1n) is 8.06. The highest BCUT2D eigenvalue weighted by molar-refractivity contribution is 6.56. The van der Waals surface area contributed by atoms with Crippen molar-refractivity contribution in [3.05, 3.63) is 40.6 Å². The second-order valence-corrected chi connectivity index (χ2v) is 7.04. The van der Waals surface area contributed by atoms with Gasteiger partial charge >= 0.3 is 7.12 Å². The summed E-state index contributed by atoms with van der Waals surface area (Å²) in [4.78, 5) is 11.3. The maximum atomic E-state index is 14.4. The smallest absolute Gasteiger partial charge is 0.400 e. The molecule has 0 radical (unpaired) electrons. The van der Waals surface area contributed by atoms with Crippen LogP contribution < -0.4 is 5.32 Å². The third-order valence-corrected chi connectivity index (χ3v) is 4.59. The maximum Gasteiger partial charge on any atom is 0.492 e. The van der Waals surface area contributed by atoms with E-state index >= 15 is 0 Å². The van der Waals surface area contributed by atoms with Gasteiger partial charge in [-0.1, -0.05) is 18.2 Å². The average Bonchev–Trinajstić information content (AvgIpc) is 2.73. The number of nitrogens with zero attached hydrogens (tertiary/aromatic N) is 1. The number of rotatable bonds is 4. The van der Waals surface area contributed by atoms with E-state index < -0.39 is 24.1 Å². The lowest BCUT2D eigenvalue weighted by Crippen LogP contribution is -2.41. The van der Waals surface area contributed by atoms with E-state index in [0.29, 0.717) is 5.47 Å². The molecule has 0 spiro atoms. The van der Waals surface area contributed by atoms with E-state index in [2.05, 4.69) is 5.32 Å². The van der Waals surface area contributed by atoms with Gasteiger partial charge in [0, 0.05) is 19.0 Å². The molecule has 1 aromatic carbocycles. The predicted octanol–water partition coefficient (Wildman–Crippen LogP) is 2.85. The SMILES string of the molecule is CC(=O)NCC(=Cc1cccc(C#N)c1F)B1OC(C)(C)C(C)(C)O1. The summed E-state index contributed by atoms with van der Waals surface area (Å²) in [6.45, 7) is 9.22. The Balaban J connectivity index is 2.41. The molecule has 0 aromatic heterocycles. The lowest BCUT2D eigenvalue weighted by molar-refractivity contribution is -0.118. The zero-order valence-electron chi connectivity index (χ0n) is 15.1. The van der Waals surface area contributed by atoms with Gasteiger partial charge in [-0.2, -0.15) is 5.26 Å². The van der Waals surface area contributed by atoms with E-state index in [1.807, 2.05) is 33.8 Å². The Morgan fingerprint density at radius 2 is 1.92 bits per heavy atom. The van der Waals surface area contributed by atoms with Crippen LogP contribution in [0.25, 0.3) is 6.08 Å². The van der Waals surface area contributed by atoms with Crippen molar-refractivity contribution in [3.8, 4) is 6.07 Å². The number of carbonyl (C=O) groups is 1. The number of hydrogen-bond acceptors (Lipinski definition) is 4. The number of nitriles is 1. The van der Waals surface area contributed by atoms with E-state index in [1.165, 1.54) is 13.0 Å². The lowest BCUT2D eigenvalue weighted by atomic mass is 9.76. The number of halogens is 1. The summed E-state index contributed by atoms with van der Waals surface area (Å²) in [5, 5.41) is 11.7. The molecule has 0 unspecified atom stereocenters. The van der Waals surface area contributed by atoms with Crippen molar-refractivity contribution in [1.82, 2.24) is 5.32 Å². The van der Waals surface area contributed by atoms with E-state index in [1.54, 1.807) is 18.2 Å². The molecule has 1 saturated heterocycles. The molecule has 1 aliphatic rings. The molecule has 0 bridgehead atoms. The first-order chi connectivity index (χ1) is 11.6. The molecule has 1 N–H and O–H groups in total. The number of carbonyl (C=O) groups excluding carboxylic acids is 1. The van der Waals surface area contributed by atoms with Crippen LogP contribution in [0.3, 0.4) is 0 Å². The minimum Gasteiger partial charge on any atom is -0.400 e. The second kappa shape index (κ2) is 6.99. The maximum absolute atomic E-state index is 14.4. The van der Waals surface area contributed by atoms with Gasteiger partial charge in [0.05, 0.1) is 16.8 Å². The van der Waals surface area contributed by atoms with Gasteiger partial charge in [0.15, 0.2) is 0 Å². The largest absolute Gasteiger partial charge is 0.492 e. The molecule has 25 heavy (non-hydrogen) atoms. The molecule has 2 rings (SSSR count). The minimum atomic E-state index is -0.720. The molecule has 0 saturated carbocycles. The Morgan fingerprint density at radius 3 is 2.44 bits per heavy atom. The third kappa shape index (κ3) is 4.09. The van der Waals surface area contributed by atoms with Gasteiger partial charge in [0.2, 0.25) is 5.91 Å². The minimum absolute atomic E-state index is 0.0402. The van der Waals surface area contributed by atoms with Gasteiger partial charge < -0.3 is 14.6 Å². The molecule has 0 atom stereocenters. The molecule has 0 aliphatic carbocycles. The zero-order valence-corrected chi connectivity index (χ0v) is 15.1. The Labute approximate surface area is 148 Å². The third-order valence-electron chi connectivity index (χ3n) is 4.59. The van der Waals surface area contributed by atoms with E-state index in [-0.39, 0.29) is 23.6 Å². The van der Waals surface area contributed by atoms with Gasteiger partial charge in [0.1, 0.15) is 11.9 Å². The van der Waals surface area contributed by atoms with Crippen molar-refractivity contribution in [3.63, 3.8) is 0 Å². The van der Waals surface area contributed by atoms with Gasteiger partial charge in [-0.05, 0) is 39.2 Å². The van der Waals surface area contributed by atoms with Crippen molar-refractivity contribution in [2.24, 2.45) is 0 Å². The Kier molecular flexibility index (Phi) is 5.35. The highest BCUT2D eigenvalue weighted by Gasteiger charge is 2.52. The van der Waals surface area contributed by atoms with Crippen LogP contribution in [0.2, 0.25) is 0 Å². The molecule has 1 heterocycles. The summed E-state index contributed by atoms with van der Waals surface area (Å²) in [7, 11) is -0.720. The normalized spacial score (nSPS) is 18.8. The monoisotopic (exact) mass is 344 g/mol. The molecule has 1 aromatic rings. The summed E-state index contributed by atoms with van der Waals surface area (Å²) in [6, 6.07) is 6.40. The van der Waals surface area contributed by atoms with Crippen LogP contribution in [0.4, 0.5) is 4.39 Å². The standard InChI is InChI=1S/C18H22BFN2O3/c1-12(23)22-11-15(19-24-17(2,3)18(4,5)25-19)9-13-7-6-8-14(10-21)16(13)20/h6-9H,11H2,1-5H3,(H,22,23). The van der Waals surface area contributed by atoms with Crippen LogP contribution in [-0.4, -0.2) is 30.8 Å². The summed E-state index contributed by atoms with van der Waals surface area (Å²) in [5.74, 6) is -0.824. The fourth-order valence-corrected chi connectivity index (χ4v) is 2.37. The number of amides is 1. The van der Waals surface area contributed by atoms with E-state index in [0.717, 1.165) is 0 Å². The first-order valence-corrected chi connectivity index (χ1v) is 8.06. The highest BCUT2D eigenvalue weighted by Crippen LogP contribution is 2.38. The lowest BCUT2D eigenvalue weighted by Gasteiger charge is -2.32. The molecule has 5 nitrogen and oxygen atoms in total. The average molecular weight is 344 g/mol. The summed E-state index contributed by atoms with van der Waals surface area (Å²) in [5.41, 5.74) is -0.335. The van der Waals surface area contributed by atoms with Crippen molar-refractivity contribution in [2.75, 3.05) is 6.54 Å². The van der Waals surface area contributed by atoms with Crippen LogP contribution in [0, 0.1) is 17.1 Å². The number of hydrogen-bond donors (Lipinski definition) is 1. The van der Waals surface area contributed by atoms with Crippen molar-refractivity contribution in [2.45, 2.75) is 45.8 Å². The van der Waals surface area contributed by atoms with Crippen LogP contribution in [0.5, 0.6) is 0 Å². The molecule has 1 fully saturated rings. The zero-order chi connectivity index (χ0) is 18.8.